The van der Waals surface area contributed by atoms with E-state index >= 15 is 0 Å². The van der Waals surface area contributed by atoms with Gasteiger partial charge in [-0.05, 0) is 42.3 Å². The van der Waals surface area contributed by atoms with E-state index < -0.39 is 0 Å². The molecule has 0 atom stereocenters. The predicted molar refractivity (Wildman–Crippen MR) is 115 cm³/mol. The van der Waals surface area contributed by atoms with E-state index in [1.165, 1.54) is 0 Å². The van der Waals surface area contributed by atoms with Gasteiger partial charge in [-0.1, -0.05) is 44.2 Å². The first-order chi connectivity index (χ1) is 13.5. The van der Waals surface area contributed by atoms with Crippen molar-refractivity contribution in [2.45, 2.75) is 32.6 Å². The second-order valence-electron chi connectivity index (χ2n) is 7.35. The van der Waals surface area contributed by atoms with Crippen LogP contribution in [0, 0.1) is 22.7 Å². The molecular weight excluding hydrogens is 344 g/mol. The summed E-state index contributed by atoms with van der Waals surface area (Å²) in [6.07, 6.45) is 2.41. The highest BCUT2D eigenvalue weighted by Crippen LogP contribution is 2.41. The lowest BCUT2D eigenvalue weighted by atomic mass is 9.79. The Morgan fingerprint density at radius 1 is 1.11 bits per heavy atom. The highest BCUT2D eigenvalue weighted by atomic mass is 15.1. The van der Waals surface area contributed by atoms with Crippen molar-refractivity contribution in [2.75, 3.05) is 18.0 Å². The van der Waals surface area contributed by atoms with Crippen molar-refractivity contribution in [2.24, 2.45) is 4.99 Å². The number of allylic oxidation sites excluding steroid dienone is 1. The number of hydrogen-bond donors (Lipinski definition) is 0. The Labute approximate surface area is 167 Å². The Hall–Kier alpha value is -3.37. The first kappa shape index (κ1) is 19.4. The lowest BCUT2D eigenvalue weighted by molar-refractivity contribution is 0.738. The highest BCUT2D eigenvalue weighted by Gasteiger charge is 2.36. The molecule has 0 aromatic heterocycles. The van der Waals surface area contributed by atoms with E-state index in [0.29, 0.717) is 12.0 Å². The molecule has 0 radical (unpaired) electrons. The van der Waals surface area contributed by atoms with Gasteiger partial charge in [0.15, 0.2) is 0 Å². The molecule has 0 aliphatic carbocycles. The number of benzene rings is 2. The van der Waals surface area contributed by atoms with Gasteiger partial charge in [0, 0.05) is 24.2 Å². The third-order valence-electron chi connectivity index (χ3n) is 5.22. The van der Waals surface area contributed by atoms with E-state index in [1.54, 1.807) is 0 Å². The Kier molecular flexibility index (Phi) is 5.62. The molecule has 0 fully saturated rings. The monoisotopic (exact) mass is 368 g/mol. The van der Waals surface area contributed by atoms with Crippen LogP contribution in [0.5, 0.6) is 0 Å². The van der Waals surface area contributed by atoms with E-state index in [4.69, 9.17) is 10.3 Å². The minimum atomic E-state index is -0.297. The van der Waals surface area contributed by atoms with Gasteiger partial charge in [-0.25, -0.2) is 0 Å². The molecule has 1 heterocycles. The third-order valence-corrected chi connectivity index (χ3v) is 5.22. The summed E-state index contributed by atoms with van der Waals surface area (Å²) in [5.41, 5.74) is 5.24. The normalized spacial score (nSPS) is 14.6. The van der Waals surface area contributed by atoms with Crippen LogP contribution in [0.4, 0.5) is 11.4 Å². The quantitative estimate of drug-likeness (QED) is 0.642. The second kappa shape index (κ2) is 8.11. The second-order valence-corrected chi connectivity index (χ2v) is 7.35. The zero-order valence-electron chi connectivity index (χ0n) is 16.6. The number of nitriles is 2. The molecule has 2 aromatic carbocycles. The van der Waals surface area contributed by atoms with Crippen molar-refractivity contribution < 1.29 is 0 Å². The van der Waals surface area contributed by atoms with Crippen molar-refractivity contribution in [1.29, 1.82) is 10.5 Å². The van der Waals surface area contributed by atoms with Gasteiger partial charge in [-0.3, -0.25) is 4.99 Å². The fraction of sp³-hybridized carbons (Fsp3) is 0.292. The van der Waals surface area contributed by atoms with Gasteiger partial charge in [0.1, 0.15) is 6.07 Å². The maximum absolute atomic E-state index is 9.80. The maximum Gasteiger partial charge on any atom is 0.101 e. The molecular formula is C24H24N4. The average molecular weight is 368 g/mol. The van der Waals surface area contributed by atoms with E-state index in [2.05, 4.69) is 43.9 Å². The van der Waals surface area contributed by atoms with Gasteiger partial charge in [0.25, 0.3) is 0 Å². The summed E-state index contributed by atoms with van der Waals surface area (Å²) in [5.74, 6) is 0. The third kappa shape index (κ3) is 3.68. The molecule has 0 unspecified atom stereocenters. The summed E-state index contributed by atoms with van der Waals surface area (Å²) in [6.45, 7) is 7.87. The number of rotatable bonds is 6. The van der Waals surface area contributed by atoms with Gasteiger partial charge in [0.2, 0.25) is 0 Å². The van der Waals surface area contributed by atoms with Crippen molar-refractivity contribution >= 4 is 23.2 Å². The lowest BCUT2D eigenvalue weighted by Gasteiger charge is -2.22. The first-order valence-electron chi connectivity index (χ1n) is 9.54. The van der Waals surface area contributed by atoms with Crippen molar-refractivity contribution in [1.82, 2.24) is 0 Å². The minimum absolute atomic E-state index is 0.297. The van der Waals surface area contributed by atoms with E-state index in [9.17, 15) is 5.26 Å². The number of para-hydroxylation sites is 1. The summed E-state index contributed by atoms with van der Waals surface area (Å²) in [7, 11) is 0. The highest BCUT2D eigenvalue weighted by molar-refractivity contribution is 6.16. The Morgan fingerprint density at radius 3 is 2.43 bits per heavy atom. The van der Waals surface area contributed by atoms with Crippen LogP contribution in [0.1, 0.15) is 38.3 Å². The Balaban J connectivity index is 1.89. The molecule has 0 amide bonds. The zero-order chi connectivity index (χ0) is 20.1. The molecule has 1 aliphatic rings. The molecule has 0 saturated heterocycles. The smallest absolute Gasteiger partial charge is 0.101 e. The zero-order valence-corrected chi connectivity index (χ0v) is 16.6. The molecule has 0 N–H and O–H groups in total. The van der Waals surface area contributed by atoms with Gasteiger partial charge < -0.3 is 4.90 Å². The molecule has 2 aromatic rings. The number of nitrogens with zero attached hydrogens (tertiary/aromatic N) is 4. The summed E-state index contributed by atoms with van der Waals surface area (Å²) >= 11 is 0. The van der Waals surface area contributed by atoms with Crippen LogP contribution in [-0.4, -0.2) is 18.8 Å². The van der Waals surface area contributed by atoms with Gasteiger partial charge in [-0.15, -0.1) is 0 Å². The van der Waals surface area contributed by atoms with E-state index in [0.717, 1.165) is 41.3 Å². The maximum atomic E-state index is 9.80. The number of hydrogen-bond acceptors (Lipinski definition) is 4. The molecule has 1 aliphatic heterocycles. The lowest BCUT2D eigenvalue weighted by Crippen LogP contribution is -2.26. The molecule has 0 saturated carbocycles. The Morgan fingerprint density at radius 2 is 1.82 bits per heavy atom. The minimum Gasteiger partial charge on any atom is -0.371 e. The van der Waals surface area contributed by atoms with Gasteiger partial charge in [-0.2, -0.15) is 10.5 Å². The summed E-state index contributed by atoms with van der Waals surface area (Å²) in [6, 6.07) is 20.7. The van der Waals surface area contributed by atoms with Crippen LogP contribution in [0.15, 0.2) is 59.1 Å². The number of aliphatic imine (C=N–C) groups is 1. The largest absolute Gasteiger partial charge is 0.371 e. The van der Waals surface area contributed by atoms with E-state index in [-0.39, 0.29) is 5.41 Å². The average Bonchev–Trinajstić information content (AvgIpc) is 2.98. The molecule has 0 bridgehead atoms. The first-order valence-corrected chi connectivity index (χ1v) is 9.54. The number of fused-ring (bicyclic) bond motifs is 1. The molecule has 3 rings (SSSR count). The number of anilines is 1. The molecule has 4 heteroatoms. The fourth-order valence-corrected chi connectivity index (χ4v) is 3.64. The molecule has 4 nitrogen and oxygen atoms in total. The van der Waals surface area contributed by atoms with Crippen LogP contribution in [0.25, 0.3) is 6.08 Å². The van der Waals surface area contributed by atoms with Gasteiger partial charge >= 0.3 is 0 Å². The predicted octanol–water partition coefficient (Wildman–Crippen LogP) is 5.40. The Bertz CT molecular complexity index is 998. The molecule has 140 valence electrons. The summed E-state index contributed by atoms with van der Waals surface area (Å²) in [5, 5.41) is 18.6. The van der Waals surface area contributed by atoms with E-state index in [1.807, 2.05) is 48.5 Å². The van der Waals surface area contributed by atoms with Crippen LogP contribution >= 0.6 is 0 Å². The van der Waals surface area contributed by atoms with Crippen LogP contribution in [-0.2, 0) is 5.41 Å². The van der Waals surface area contributed by atoms with Crippen LogP contribution < -0.4 is 4.90 Å². The topological polar surface area (TPSA) is 63.2 Å². The molecule has 28 heavy (non-hydrogen) atoms. The van der Waals surface area contributed by atoms with Crippen molar-refractivity contribution in [3.05, 3.63) is 65.2 Å². The summed E-state index contributed by atoms with van der Waals surface area (Å²) in [4.78, 5) is 6.92. The SMILES string of the molecule is CCN(CCC#N)c1ccc(/C=C(\C#N)C2=Nc3ccccc3C2(C)C)cc1. The summed E-state index contributed by atoms with van der Waals surface area (Å²) < 4.78 is 0. The van der Waals surface area contributed by atoms with Crippen molar-refractivity contribution in [3.63, 3.8) is 0 Å². The van der Waals surface area contributed by atoms with Crippen LogP contribution in [0.2, 0.25) is 0 Å². The van der Waals surface area contributed by atoms with Crippen LogP contribution in [0.3, 0.4) is 0 Å². The molecule has 0 spiro atoms. The van der Waals surface area contributed by atoms with Gasteiger partial charge in [0.05, 0.1) is 29.5 Å². The van der Waals surface area contributed by atoms with Crippen molar-refractivity contribution in [3.8, 4) is 12.1 Å². The standard InChI is InChI=1S/C24H24N4/c1-4-28(15-7-14-25)20-12-10-18(11-13-20)16-19(17-26)23-24(2,3)21-8-5-6-9-22(21)27-23/h5-6,8-13,16H,4,7,15H2,1-3H3/b19-16+. The fourth-order valence-electron chi connectivity index (χ4n) is 3.64.